The Labute approximate surface area is 134 Å². The van der Waals surface area contributed by atoms with E-state index in [0.717, 1.165) is 17.7 Å². The Balaban J connectivity index is 2.23. The van der Waals surface area contributed by atoms with E-state index in [1.807, 2.05) is 30.3 Å². The van der Waals surface area contributed by atoms with Crippen LogP contribution in [0.4, 0.5) is 4.79 Å². The maximum absolute atomic E-state index is 11.7. The Hall–Kier alpha value is -2.83. The molecule has 2 amide bonds. The van der Waals surface area contributed by atoms with Gasteiger partial charge in [0, 0.05) is 18.7 Å². The number of esters is 2. The fraction of sp³-hybridized carbons (Fsp3) is 0.312. The fourth-order valence-electron chi connectivity index (χ4n) is 1.55. The first-order valence-electron chi connectivity index (χ1n) is 7.02. The highest BCUT2D eigenvalue weighted by Crippen LogP contribution is 1.97. The van der Waals surface area contributed by atoms with E-state index >= 15 is 0 Å². The van der Waals surface area contributed by atoms with Crippen LogP contribution in [-0.4, -0.2) is 37.7 Å². The van der Waals surface area contributed by atoms with Gasteiger partial charge >= 0.3 is 18.0 Å². The van der Waals surface area contributed by atoms with E-state index in [-0.39, 0.29) is 18.7 Å². The predicted octanol–water partition coefficient (Wildman–Crippen LogP) is 1.15. The van der Waals surface area contributed by atoms with Gasteiger partial charge in [0.2, 0.25) is 0 Å². The minimum atomic E-state index is -0.686. The summed E-state index contributed by atoms with van der Waals surface area (Å²) >= 11 is 0. The van der Waals surface area contributed by atoms with Crippen molar-refractivity contribution < 1.29 is 23.9 Å². The molecule has 0 aliphatic rings. The fourth-order valence-corrected chi connectivity index (χ4v) is 1.55. The van der Waals surface area contributed by atoms with Crippen LogP contribution in [0, 0.1) is 0 Å². The van der Waals surface area contributed by atoms with Crippen molar-refractivity contribution in [1.82, 2.24) is 10.6 Å². The molecule has 0 fully saturated rings. The largest absolute Gasteiger partial charge is 0.466 e. The Morgan fingerprint density at radius 3 is 2.43 bits per heavy atom. The van der Waals surface area contributed by atoms with Gasteiger partial charge in [-0.1, -0.05) is 30.3 Å². The lowest BCUT2D eigenvalue weighted by Crippen LogP contribution is -2.42. The van der Waals surface area contributed by atoms with E-state index in [4.69, 9.17) is 4.74 Å². The first-order valence-corrected chi connectivity index (χ1v) is 7.02. The van der Waals surface area contributed by atoms with Crippen LogP contribution < -0.4 is 10.6 Å². The molecule has 0 heterocycles. The zero-order valence-electron chi connectivity index (χ0n) is 13.1. The van der Waals surface area contributed by atoms with E-state index in [9.17, 15) is 14.4 Å². The Morgan fingerprint density at radius 1 is 1.13 bits per heavy atom. The molecule has 0 aliphatic carbocycles. The zero-order valence-corrected chi connectivity index (χ0v) is 13.1. The van der Waals surface area contributed by atoms with Crippen molar-refractivity contribution in [3.8, 4) is 0 Å². The summed E-state index contributed by atoms with van der Waals surface area (Å²) in [6.07, 6.45) is 1.93. The second kappa shape index (κ2) is 9.99. The topological polar surface area (TPSA) is 93.7 Å². The smallest absolute Gasteiger partial charge is 0.331 e. The molecule has 0 spiro atoms. The monoisotopic (exact) mass is 320 g/mol. The number of carbonyl (C=O) groups is 3. The quantitative estimate of drug-likeness (QED) is 0.580. The van der Waals surface area contributed by atoms with Crippen molar-refractivity contribution in [1.29, 1.82) is 0 Å². The van der Waals surface area contributed by atoms with E-state index in [1.165, 1.54) is 7.11 Å². The Bertz CT molecular complexity index is 557. The molecule has 0 aromatic heterocycles. The molecule has 1 aromatic rings. The highest BCUT2D eigenvalue weighted by molar-refractivity contribution is 5.91. The summed E-state index contributed by atoms with van der Waals surface area (Å²) in [5.41, 5.74) is 0.981. The van der Waals surface area contributed by atoms with Crippen molar-refractivity contribution in [3.05, 3.63) is 48.0 Å². The second-order valence-corrected chi connectivity index (χ2v) is 4.70. The molecule has 23 heavy (non-hydrogen) atoms. The van der Waals surface area contributed by atoms with Crippen LogP contribution in [0.2, 0.25) is 0 Å². The van der Waals surface area contributed by atoms with Crippen LogP contribution in [0.1, 0.15) is 12.5 Å². The summed E-state index contributed by atoms with van der Waals surface area (Å²) in [5, 5.41) is 5.34. The molecular weight excluding hydrogens is 300 g/mol. The van der Waals surface area contributed by atoms with Gasteiger partial charge in [-0.2, -0.15) is 0 Å². The van der Waals surface area contributed by atoms with Crippen LogP contribution in [0.25, 0.3) is 0 Å². The normalized spacial score (nSPS) is 11.6. The summed E-state index contributed by atoms with van der Waals surface area (Å²) in [6, 6.07) is 8.74. The summed E-state index contributed by atoms with van der Waals surface area (Å²) in [4.78, 5) is 33.8. The molecule has 124 valence electrons. The number of nitrogens with one attached hydrogen (secondary N) is 2. The first-order chi connectivity index (χ1) is 11.0. The van der Waals surface area contributed by atoms with E-state index in [2.05, 4.69) is 15.4 Å². The van der Waals surface area contributed by atoms with Crippen molar-refractivity contribution in [2.24, 2.45) is 0 Å². The molecule has 7 heteroatoms. The molecule has 0 aliphatic heterocycles. The van der Waals surface area contributed by atoms with Gasteiger partial charge in [0.25, 0.3) is 0 Å². The first kappa shape index (κ1) is 18.2. The van der Waals surface area contributed by atoms with Crippen molar-refractivity contribution in [2.75, 3.05) is 13.7 Å². The number of methoxy groups -OCH3 is 1. The van der Waals surface area contributed by atoms with Gasteiger partial charge < -0.3 is 20.1 Å². The molecule has 7 nitrogen and oxygen atoms in total. The lowest BCUT2D eigenvalue weighted by atomic mass is 10.2. The lowest BCUT2D eigenvalue weighted by molar-refractivity contribution is -0.139. The molecule has 1 atom stereocenters. The molecule has 2 N–H and O–H groups in total. The SMILES string of the molecule is COC(=O)/C=C/C(=O)OC[C@H](C)NC(=O)NCc1ccccc1. The third kappa shape index (κ3) is 8.25. The number of urea groups is 1. The molecule has 0 saturated heterocycles. The number of hydrogen-bond donors (Lipinski definition) is 2. The van der Waals surface area contributed by atoms with Gasteiger partial charge in [0.1, 0.15) is 6.61 Å². The highest BCUT2D eigenvalue weighted by atomic mass is 16.5. The molecule has 1 aromatic carbocycles. The summed E-state index contributed by atoms with van der Waals surface area (Å²) in [6.45, 7) is 2.09. The molecule has 0 saturated carbocycles. The van der Waals surface area contributed by atoms with Gasteiger partial charge in [0.15, 0.2) is 0 Å². The second-order valence-electron chi connectivity index (χ2n) is 4.70. The minimum Gasteiger partial charge on any atom is -0.466 e. The van der Waals surface area contributed by atoms with E-state index < -0.39 is 11.9 Å². The third-order valence-corrected chi connectivity index (χ3v) is 2.71. The molecule has 1 rings (SSSR count). The Morgan fingerprint density at radius 2 is 1.78 bits per heavy atom. The number of rotatable bonds is 7. The summed E-state index contributed by atoms with van der Waals surface area (Å²) < 4.78 is 9.23. The number of benzene rings is 1. The minimum absolute atomic E-state index is 0.0108. The van der Waals surface area contributed by atoms with Crippen molar-refractivity contribution in [2.45, 2.75) is 19.5 Å². The average Bonchev–Trinajstić information content (AvgIpc) is 2.56. The van der Waals surface area contributed by atoms with Gasteiger partial charge in [-0.05, 0) is 12.5 Å². The van der Waals surface area contributed by atoms with E-state index in [1.54, 1.807) is 6.92 Å². The van der Waals surface area contributed by atoms with Crippen molar-refractivity contribution >= 4 is 18.0 Å². The molecular formula is C16H20N2O5. The Kier molecular flexibility index (Phi) is 7.91. The summed E-state index contributed by atoms with van der Waals surface area (Å²) in [7, 11) is 1.21. The lowest BCUT2D eigenvalue weighted by Gasteiger charge is -2.14. The van der Waals surface area contributed by atoms with Gasteiger partial charge in [-0.3, -0.25) is 0 Å². The van der Waals surface area contributed by atoms with Crippen LogP contribution in [0.15, 0.2) is 42.5 Å². The van der Waals surface area contributed by atoms with Gasteiger partial charge in [-0.25, -0.2) is 14.4 Å². The average molecular weight is 320 g/mol. The third-order valence-electron chi connectivity index (χ3n) is 2.71. The predicted molar refractivity (Wildman–Crippen MR) is 83.4 cm³/mol. The number of amides is 2. The zero-order chi connectivity index (χ0) is 17.1. The van der Waals surface area contributed by atoms with Crippen molar-refractivity contribution in [3.63, 3.8) is 0 Å². The van der Waals surface area contributed by atoms with Crippen LogP contribution >= 0.6 is 0 Å². The standard InChI is InChI=1S/C16H20N2O5/c1-12(11-23-15(20)9-8-14(19)22-2)18-16(21)17-10-13-6-4-3-5-7-13/h3-9,12H,10-11H2,1-2H3,(H2,17,18,21)/b9-8+/t12-/m0/s1. The van der Waals surface area contributed by atoms with Crippen LogP contribution in [-0.2, 0) is 25.6 Å². The van der Waals surface area contributed by atoms with E-state index in [0.29, 0.717) is 6.54 Å². The summed E-state index contributed by atoms with van der Waals surface area (Å²) in [5.74, 6) is -1.33. The number of ether oxygens (including phenoxy) is 2. The number of carbonyl (C=O) groups excluding carboxylic acids is 3. The van der Waals surface area contributed by atoms with Gasteiger partial charge in [0.05, 0.1) is 13.2 Å². The number of hydrogen-bond acceptors (Lipinski definition) is 5. The molecule has 0 radical (unpaired) electrons. The maximum Gasteiger partial charge on any atom is 0.331 e. The van der Waals surface area contributed by atoms with Crippen LogP contribution in [0.5, 0.6) is 0 Å². The molecule has 0 unspecified atom stereocenters. The maximum atomic E-state index is 11.7. The van der Waals surface area contributed by atoms with Crippen LogP contribution in [0.3, 0.4) is 0 Å². The molecule has 0 bridgehead atoms. The highest BCUT2D eigenvalue weighted by Gasteiger charge is 2.09. The van der Waals surface area contributed by atoms with Gasteiger partial charge in [-0.15, -0.1) is 0 Å².